The highest BCUT2D eigenvalue weighted by atomic mass is 16.5. The van der Waals surface area contributed by atoms with Gasteiger partial charge in [-0.2, -0.15) is 5.48 Å². The number of rotatable bonds is 27. The number of fused-ring (bicyclic) bond motifs is 5. The second kappa shape index (κ2) is 31.5. The number of amides is 6. The van der Waals surface area contributed by atoms with Gasteiger partial charge in [0.2, 0.25) is 11.8 Å². The first-order chi connectivity index (χ1) is 47.4. The maximum Gasteiger partial charge on any atom is 0.491 e. The van der Waals surface area contributed by atoms with Crippen LogP contribution in [0.25, 0.3) is 0 Å². The molecule has 26 heteroatoms. The van der Waals surface area contributed by atoms with Crippen LogP contribution in [0.5, 0.6) is 0 Å². The number of nitrogens with one attached hydrogen (secondary N) is 5. The first-order valence-corrected chi connectivity index (χ1v) is 34.3. The largest absolute Gasteiger partial charge is 0.491 e. The lowest BCUT2D eigenvalue weighted by Crippen LogP contribution is -2.57. The van der Waals surface area contributed by atoms with Gasteiger partial charge in [0.25, 0.3) is 23.6 Å². The van der Waals surface area contributed by atoms with Crippen molar-refractivity contribution in [3.63, 3.8) is 0 Å². The summed E-state index contributed by atoms with van der Waals surface area (Å²) in [7, 11) is -4.48. The molecular weight excluding hydrogens is 1250 g/mol. The third-order valence-electron chi connectivity index (χ3n) is 20.8. The molecule has 6 aromatic carbocycles. The second-order valence-corrected chi connectivity index (χ2v) is 27.8. The highest BCUT2D eigenvalue weighted by Crippen LogP contribution is 2.51. The average Bonchev–Trinajstić information content (AvgIpc) is 1.07. The molecule has 510 valence electrons. The van der Waals surface area contributed by atoms with Gasteiger partial charge in [-0.15, -0.1) is 0 Å². The SMILES string of the molecule is CC1(CCCCNC(=O)CN(Cc2cccc(CNC(=O)c3ccc4c(c3)B(O)OC4)c2)C(=O)c2ccc3c(c2)B(O)OC3)CCC2(NO)CCC2CCC(CCCCNC(=O)CN(Cc2cccc(CNC(=O)c3ccc4c(c3)B(O)OC4)c2)C(=O)c2ccc3c(c2)B(O)OC3)C1. The Morgan fingerprint density at radius 3 is 1.36 bits per heavy atom. The fourth-order valence-electron chi connectivity index (χ4n) is 15.0. The Morgan fingerprint density at radius 2 is 0.918 bits per heavy atom. The van der Waals surface area contributed by atoms with Gasteiger partial charge in [-0.1, -0.05) is 105 Å². The predicted molar refractivity (Wildman–Crippen MR) is 369 cm³/mol. The topological polar surface area (TPSA) is 307 Å². The van der Waals surface area contributed by atoms with Crippen molar-refractivity contribution in [3.8, 4) is 0 Å². The molecule has 12 rings (SSSR count). The summed E-state index contributed by atoms with van der Waals surface area (Å²) >= 11 is 0. The highest BCUT2D eigenvalue weighted by molar-refractivity contribution is 6.63. The Labute approximate surface area is 572 Å². The lowest BCUT2D eigenvalue weighted by atomic mass is 9.62. The molecule has 4 unspecified atom stereocenters. The van der Waals surface area contributed by atoms with Crippen molar-refractivity contribution in [1.82, 2.24) is 36.5 Å². The van der Waals surface area contributed by atoms with Crippen molar-refractivity contribution in [2.75, 3.05) is 26.2 Å². The van der Waals surface area contributed by atoms with E-state index in [2.05, 4.69) is 33.7 Å². The van der Waals surface area contributed by atoms with Gasteiger partial charge in [-0.25, -0.2) is 0 Å². The minimum atomic E-state index is -1.16. The molecule has 0 spiro atoms. The zero-order chi connectivity index (χ0) is 68.5. The zero-order valence-electron chi connectivity index (χ0n) is 55.4. The van der Waals surface area contributed by atoms with E-state index >= 15 is 0 Å². The van der Waals surface area contributed by atoms with E-state index in [1.165, 1.54) is 9.80 Å². The van der Waals surface area contributed by atoms with E-state index in [-0.39, 0.29) is 100 Å². The molecule has 0 aromatic heterocycles. The molecule has 22 nitrogen and oxygen atoms in total. The maximum absolute atomic E-state index is 14.4. The number of benzene rings is 6. The number of carbonyl (C=O) groups excluding carboxylic acids is 6. The van der Waals surface area contributed by atoms with Crippen LogP contribution < -0.4 is 48.6 Å². The smallest absolute Gasteiger partial charge is 0.423 e. The van der Waals surface area contributed by atoms with Crippen molar-refractivity contribution in [3.05, 3.63) is 188 Å². The van der Waals surface area contributed by atoms with Crippen LogP contribution in [0.4, 0.5) is 0 Å². The summed E-state index contributed by atoms with van der Waals surface area (Å²) < 4.78 is 21.4. The average molecular weight is 1330 g/mol. The van der Waals surface area contributed by atoms with Gasteiger partial charge in [0.1, 0.15) is 13.1 Å². The molecule has 2 fully saturated rings. The molecule has 2 aliphatic carbocycles. The van der Waals surface area contributed by atoms with E-state index in [0.717, 1.165) is 122 Å². The van der Waals surface area contributed by atoms with Crippen molar-refractivity contribution >= 4 is 85.8 Å². The summed E-state index contributed by atoms with van der Waals surface area (Å²) in [5.41, 5.74) is 12.2. The molecule has 0 bridgehead atoms. The molecule has 6 aliphatic rings. The van der Waals surface area contributed by atoms with Crippen LogP contribution in [0.1, 0.15) is 176 Å². The first kappa shape index (κ1) is 69.9. The van der Waals surface area contributed by atoms with Gasteiger partial charge in [0.05, 0.1) is 26.4 Å². The Kier molecular flexibility index (Phi) is 22.4. The van der Waals surface area contributed by atoms with Crippen LogP contribution in [0, 0.1) is 17.3 Å². The Morgan fingerprint density at radius 1 is 0.490 bits per heavy atom. The number of carbonyl (C=O) groups is 6. The molecule has 98 heavy (non-hydrogen) atoms. The fraction of sp³-hybridized carbons (Fsp3) is 0.417. The molecule has 6 aromatic rings. The lowest BCUT2D eigenvalue weighted by Gasteiger charge is -2.49. The second-order valence-electron chi connectivity index (χ2n) is 27.8. The summed E-state index contributed by atoms with van der Waals surface area (Å²) in [5.74, 6) is -1.28. The van der Waals surface area contributed by atoms with E-state index in [1.807, 2.05) is 48.5 Å². The molecule has 6 amide bonds. The summed E-state index contributed by atoms with van der Waals surface area (Å²) in [4.78, 5) is 86.0. The summed E-state index contributed by atoms with van der Waals surface area (Å²) in [6.07, 6.45) is 11.8. The minimum absolute atomic E-state index is 0.0518. The fourth-order valence-corrected chi connectivity index (χ4v) is 15.0. The number of hydrogen-bond donors (Lipinski definition) is 10. The van der Waals surface area contributed by atoms with Crippen LogP contribution in [-0.2, 0) is 80.8 Å². The molecule has 4 aliphatic heterocycles. The summed E-state index contributed by atoms with van der Waals surface area (Å²) in [5, 5.41) is 64.0. The van der Waals surface area contributed by atoms with Crippen molar-refractivity contribution < 1.29 is 72.7 Å². The van der Waals surface area contributed by atoms with E-state index in [0.29, 0.717) is 75.5 Å². The van der Waals surface area contributed by atoms with Gasteiger partial charge >= 0.3 is 28.5 Å². The summed E-state index contributed by atoms with van der Waals surface area (Å²) in [6.45, 7) is 4.27. The van der Waals surface area contributed by atoms with Crippen molar-refractivity contribution in [2.45, 2.75) is 149 Å². The van der Waals surface area contributed by atoms with E-state index in [4.69, 9.17) is 18.6 Å². The third-order valence-corrected chi connectivity index (χ3v) is 20.8. The normalized spacial score (nSPS) is 19.8. The molecule has 4 atom stereocenters. The molecule has 2 saturated carbocycles. The van der Waals surface area contributed by atoms with Crippen LogP contribution in [-0.4, -0.2) is 131 Å². The van der Waals surface area contributed by atoms with Crippen LogP contribution >= 0.6 is 0 Å². The minimum Gasteiger partial charge on any atom is -0.423 e. The first-order valence-electron chi connectivity index (χ1n) is 34.3. The number of nitrogens with zero attached hydrogens (tertiary/aromatic N) is 2. The standard InChI is InChI=1S/C72H85B4N7O15/c1-71(24-3-5-29-78-66(85)42-83(70(89)55-17-21-59-46-98-76(93)64(59)35-55)40-51-12-7-10-49(31-51)38-80-68(87)53-15-19-57-44-96-74(91)62(57)33-53)26-27-72(81-94)25-23-60(72)22-13-47(36-71)8-2-4-28-77-65(84)41-82(69(88)54-16-20-58-45-97-75(92)63(58)34-54)39-50-11-6-9-48(30-50)37-79-67(86)52-14-18-56-43-95-73(90)61(56)32-52/h6-7,9-12,14-21,30-35,47,60,81,90-94H,2-5,8,13,22-29,36-46H2,1H3,(H,77,84)(H,78,85)(H,79,86)(H,80,87). The highest BCUT2D eigenvalue weighted by Gasteiger charge is 2.48. The van der Waals surface area contributed by atoms with Crippen LogP contribution in [0.15, 0.2) is 121 Å². The van der Waals surface area contributed by atoms with E-state index in [1.54, 1.807) is 72.8 Å². The number of hydroxylamine groups is 1. The quantitative estimate of drug-likeness (QED) is 0.0200. The molecule has 0 saturated heterocycles. The van der Waals surface area contributed by atoms with Gasteiger partial charge in [0, 0.05) is 67.1 Å². The van der Waals surface area contributed by atoms with Gasteiger partial charge in [-0.05, 0) is 190 Å². The Bertz CT molecular complexity index is 3940. The number of hydrogen-bond acceptors (Lipinski definition) is 16. The Hall–Kier alpha value is -8.00. The third kappa shape index (κ3) is 16.8. The van der Waals surface area contributed by atoms with E-state index < -0.39 is 40.3 Å². The maximum atomic E-state index is 14.4. The number of unbranched alkanes of at least 4 members (excludes halogenated alkanes) is 2. The van der Waals surface area contributed by atoms with Crippen molar-refractivity contribution in [2.24, 2.45) is 17.3 Å². The van der Waals surface area contributed by atoms with Gasteiger partial charge < -0.3 is 75.0 Å². The van der Waals surface area contributed by atoms with E-state index in [9.17, 15) is 54.1 Å². The predicted octanol–water partition coefficient (Wildman–Crippen LogP) is 3.69. The molecular formula is C72H85B4N7O15. The van der Waals surface area contributed by atoms with Crippen molar-refractivity contribution in [1.29, 1.82) is 0 Å². The molecule has 4 heterocycles. The van der Waals surface area contributed by atoms with Gasteiger partial charge in [0.15, 0.2) is 0 Å². The summed E-state index contributed by atoms with van der Waals surface area (Å²) in [6, 6.07) is 35.2. The lowest BCUT2D eigenvalue weighted by molar-refractivity contribution is -0.122. The zero-order valence-corrected chi connectivity index (χ0v) is 55.4. The van der Waals surface area contributed by atoms with Crippen LogP contribution in [0.2, 0.25) is 0 Å². The molecule has 10 N–H and O–H groups in total. The monoisotopic (exact) mass is 1330 g/mol. The van der Waals surface area contributed by atoms with Crippen LogP contribution in [0.3, 0.4) is 0 Å². The molecule has 0 radical (unpaired) electrons. The Balaban J connectivity index is 0.632. The van der Waals surface area contributed by atoms with Gasteiger partial charge in [-0.3, -0.25) is 28.8 Å².